The van der Waals surface area contributed by atoms with E-state index in [0.717, 1.165) is 23.4 Å². The van der Waals surface area contributed by atoms with Crippen molar-refractivity contribution in [2.45, 2.75) is 17.9 Å². The van der Waals surface area contributed by atoms with Crippen LogP contribution in [0.15, 0.2) is 65.6 Å². The number of methoxy groups -OCH3 is 1. The minimum absolute atomic E-state index is 0.162. The smallest absolute Gasteiger partial charge is 0.251 e. The second-order valence-electron chi connectivity index (χ2n) is 7.39. The lowest BCUT2D eigenvalue weighted by molar-refractivity contribution is 0.0950. The Kier molecular flexibility index (Phi) is 6.85. The van der Waals surface area contributed by atoms with Gasteiger partial charge < -0.3 is 19.7 Å². The highest BCUT2D eigenvalue weighted by atomic mass is 32.2. The van der Waals surface area contributed by atoms with Crippen LogP contribution in [0.3, 0.4) is 0 Å². The largest absolute Gasteiger partial charge is 0.494 e. The minimum Gasteiger partial charge on any atom is -0.494 e. The molecule has 1 N–H and O–H groups in total. The maximum atomic E-state index is 13.9. The average Bonchev–Trinajstić information content (AvgIpc) is 3.05. The molecule has 166 valence electrons. The van der Waals surface area contributed by atoms with Crippen LogP contribution in [0.2, 0.25) is 0 Å². The van der Waals surface area contributed by atoms with E-state index in [0.29, 0.717) is 31.0 Å². The van der Waals surface area contributed by atoms with Gasteiger partial charge >= 0.3 is 0 Å². The summed E-state index contributed by atoms with van der Waals surface area (Å²) >= 11 is 1.68. The number of hydrogen-bond acceptors (Lipinski definition) is 5. The molecule has 0 aromatic heterocycles. The van der Waals surface area contributed by atoms with Crippen molar-refractivity contribution >= 4 is 29.0 Å². The summed E-state index contributed by atoms with van der Waals surface area (Å²) in [6, 6.07) is 18.3. The van der Waals surface area contributed by atoms with Gasteiger partial charge in [0.15, 0.2) is 11.6 Å². The Labute approximate surface area is 191 Å². The molecule has 0 saturated heterocycles. The van der Waals surface area contributed by atoms with Crippen LogP contribution in [-0.2, 0) is 6.54 Å². The summed E-state index contributed by atoms with van der Waals surface area (Å²) in [5.41, 5.74) is 3.21. The number of nitrogens with zero attached hydrogens (tertiary/aromatic N) is 1. The summed E-state index contributed by atoms with van der Waals surface area (Å²) < 4.78 is 24.9. The number of carbonyl (C=O) groups excluding carboxylic acids is 1. The SMILES string of the molecule is COc1cc(N2CCCOc3cc(C(=O)NCc4ccc(SC)cc4)ccc32)ccc1F. The first-order valence-electron chi connectivity index (χ1n) is 10.4. The van der Waals surface area contributed by atoms with E-state index in [2.05, 4.69) is 10.2 Å². The van der Waals surface area contributed by atoms with E-state index in [4.69, 9.17) is 9.47 Å². The topological polar surface area (TPSA) is 50.8 Å². The van der Waals surface area contributed by atoms with Gasteiger partial charge in [-0.1, -0.05) is 12.1 Å². The lowest BCUT2D eigenvalue weighted by Gasteiger charge is -2.24. The van der Waals surface area contributed by atoms with Gasteiger partial charge in [0.05, 0.1) is 19.4 Å². The summed E-state index contributed by atoms with van der Waals surface area (Å²) in [6.07, 6.45) is 2.83. The third-order valence-electron chi connectivity index (χ3n) is 5.35. The second kappa shape index (κ2) is 9.96. The molecule has 0 spiro atoms. The van der Waals surface area contributed by atoms with E-state index in [1.54, 1.807) is 36.0 Å². The van der Waals surface area contributed by atoms with Crippen molar-refractivity contribution in [1.29, 1.82) is 0 Å². The van der Waals surface area contributed by atoms with Gasteiger partial charge in [-0.05, 0) is 60.7 Å². The van der Waals surface area contributed by atoms with Crippen molar-refractivity contribution in [2.75, 3.05) is 31.4 Å². The molecule has 1 aliphatic heterocycles. The van der Waals surface area contributed by atoms with Crippen LogP contribution < -0.4 is 19.7 Å². The van der Waals surface area contributed by atoms with E-state index >= 15 is 0 Å². The Morgan fingerprint density at radius 3 is 2.72 bits per heavy atom. The molecule has 0 radical (unpaired) electrons. The predicted octanol–water partition coefficient (Wildman–Crippen LogP) is 5.41. The highest BCUT2D eigenvalue weighted by Gasteiger charge is 2.21. The lowest BCUT2D eigenvalue weighted by Crippen LogP contribution is -2.23. The van der Waals surface area contributed by atoms with Crippen molar-refractivity contribution < 1.29 is 18.7 Å². The standard InChI is InChI=1S/C25H25FN2O3S/c1-30-23-15-19(7-10-21(23)26)28-12-3-13-31-24-14-18(6-11-22(24)28)25(29)27-16-17-4-8-20(32-2)9-5-17/h4-11,14-15H,3,12-13,16H2,1-2H3,(H,27,29). The molecule has 0 aliphatic carbocycles. The highest BCUT2D eigenvalue weighted by molar-refractivity contribution is 7.98. The summed E-state index contributed by atoms with van der Waals surface area (Å²) in [5.74, 6) is 0.251. The van der Waals surface area contributed by atoms with Crippen LogP contribution >= 0.6 is 11.8 Å². The summed E-state index contributed by atoms with van der Waals surface area (Å²) in [6.45, 7) is 1.70. The van der Waals surface area contributed by atoms with E-state index < -0.39 is 5.82 Å². The first-order valence-corrected chi connectivity index (χ1v) is 11.6. The molecule has 5 nitrogen and oxygen atoms in total. The molecule has 4 rings (SSSR count). The van der Waals surface area contributed by atoms with Crippen LogP contribution in [0.1, 0.15) is 22.3 Å². The highest BCUT2D eigenvalue weighted by Crippen LogP contribution is 2.38. The number of hydrogen-bond donors (Lipinski definition) is 1. The molecule has 0 fully saturated rings. The molecule has 0 bridgehead atoms. The fourth-order valence-corrected chi connectivity index (χ4v) is 4.04. The van der Waals surface area contributed by atoms with Crippen LogP contribution in [0.25, 0.3) is 0 Å². The second-order valence-corrected chi connectivity index (χ2v) is 8.27. The lowest BCUT2D eigenvalue weighted by atomic mass is 10.1. The number of rotatable bonds is 6. The Bertz CT molecular complexity index is 1100. The Morgan fingerprint density at radius 1 is 1.16 bits per heavy atom. The molecule has 3 aromatic carbocycles. The van der Waals surface area contributed by atoms with Crippen molar-refractivity contribution in [3.63, 3.8) is 0 Å². The minimum atomic E-state index is -0.405. The molecular formula is C25H25FN2O3S. The van der Waals surface area contributed by atoms with Gasteiger partial charge in [-0.25, -0.2) is 4.39 Å². The van der Waals surface area contributed by atoms with E-state index in [9.17, 15) is 9.18 Å². The average molecular weight is 453 g/mol. The number of anilines is 2. The van der Waals surface area contributed by atoms with Crippen LogP contribution in [0.5, 0.6) is 11.5 Å². The number of fused-ring (bicyclic) bond motifs is 1. The van der Waals surface area contributed by atoms with Crippen molar-refractivity contribution in [3.8, 4) is 11.5 Å². The third kappa shape index (κ3) is 4.83. The van der Waals surface area contributed by atoms with Crippen molar-refractivity contribution in [3.05, 3.63) is 77.6 Å². The molecule has 1 heterocycles. The fraction of sp³-hybridized carbons (Fsp3) is 0.240. The van der Waals surface area contributed by atoms with Gasteiger partial charge in [-0.2, -0.15) is 0 Å². The molecule has 0 saturated carbocycles. The molecule has 32 heavy (non-hydrogen) atoms. The fourth-order valence-electron chi connectivity index (χ4n) is 3.63. The normalized spacial score (nSPS) is 13.0. The summed E-state index contributed by atoms with van der Waals surface area (Å²) in [5, 5.41) is 2.97. The number of benzene rings is 3. The van der Waals surface area contributed by atoms with Gasteiger partial charge in [0.2, 0.25) is 0 Å². The van der Waals surface area contributed by atoms with Gasteiger partial charge in [-0.15, -0.1) is 11.8 Å². The first kappa shape index (κ1) is 22.0. The number of nitrogens with one attached hydrogen (secondary N) is 1. The number of halogens is 1. The zero-order valence-electron chi connectivity index (χ0n) is 18.1. The van der Waals surface area contributed by atoms with E-state index in [1.807, 2.05) is 36.6 Å². The summed E-state index contributed by atoms with van der Waals surface area (Å²) in [7, 11) is 1.45. The number of carbonyl (C=O) groups is 1. The van der Waals surface area contributed by atoms with Crippen LogP contribution in [0, 0.1) is 5.82 Å². The third-order valence-corrected chi connectivity index (χ3v) is 6.10. The molecule has 0 unspecified atom stereocenters. The molecule has 7 heteroatoms. The molecule has 0 atom stereocenters. The van der Waals surface area contributed by atoms with E-state index in [-0.39, 0.29) is 11.7 Å². The van der Waals surface area contributed by atoms with Crippen molar-refractivity contribution in [1.82, 2.24) is 5.32 Å². The Hall–Kier alpha value is -3.19. The number of amides is 1. The molecule has 1 amide bonds. The maximum Gasteiger partial charge on any atom is 0.251 e. The van der Waals surface area contributed by atoms with Gasteiger partial charge in [0.25, 0.3) is 5.91 Å². The monoisotopic (exact) mass is 452 g/mol. The summed E-state index contributed by atoms with van der Waals surface area (Å²) in [4.78, 5) is 16.0. The quantitative estimate of drug-likeness (QED) is 0.507. The van der Waals surface area contributed by atoms with Gasteiger partial charge in [0.1, 0.15) is 5.75 Å². The number of ether oxygens (including phenoxy) is 2. The first-order chi connectivity index (χ1) is 15.6. The zero-order valence-corrected chi connectivity index (χ0v) is 18.9. The Balaban J connectivity index is 1.53. The molecular weight excluding hydrogens is 427 g/mol. The van der Waals surface area contributed by atoms with Gasteiger partial charge in [-0.3, -0.25) is 4.79 Å². The van der Waals surface area contributed by atoms with Crippen LogP contribution in [-0.4, -0.2) is 32.4 Å². The molecule has 1 aliphatic rings. The van der Waals surface area contributed by atoms with Gasteiger partial charge in [0, 0.05) is 35.3 Å². The maximum absolute atomic E-state index is 13.9. The predicted molar refractivity (Wildman–Crippen MR) is 126 cm³/mol. The Morgan fingerprint density at radius 2 is 1.97 bits per heavy atom. The van der Waals surface area contributed by atoms with Crippen molar-refractivity contribution in [2.24, 2.45) is 0 Å². The van der Waals surface area contributed by atoms with Crippen LogP contribution in [0.4, 0.5) is 15.8 Å². The van der Waals surface area contributed by atoms with E-state index in [1.165, 1.54) is 18.1 Å². The number of thioether (sulfide) groups is 1. The molecule has 3 aromatic rings. The zero-order chi connectivity index (χ0) is 22.5.